The first-order valence-electron chi connectivity index (χ1n) is 4.59. The van der Waals surface area contributed by atoms with Crippen LogP contribution in [0.3, 0.4) is 0 Å². The summed E-state index contributed by atoms with van der Waals surface area (Å²) in [5.74, 6) is -1.71. The molecular weight excluding hydrogens is 170 g/mol. The molecule has 4 nitrogen and oxygen atoms in total. The summed E-state index contributed by atoms with van der Waals surface area (Å²) in [5.41, 5.74) is 0. The molecule has 1 amide bonds. The van der Waals surface area contributed by atoms with Crippen LogP contribution in [0, 0.1) is 5.92 Å². The first kappa shape index (κ1) is 10.0. The largest absolute Gasteiger partial charge is 0.550 e. The number of hydrogen-bond donors (Lipinski definition) is 1. The van der Waals surface area contributed by atoms with Gasteiger partial charge in [0.25, 0.3) is 0 Å². The van der Waals surface area contributed by atoms with E-state index >= 15 is 0 Å². The lowest BCUT2D eigenvalue weighted by Gasteiger charge is -2.32. The number of amides is 1. The highest BCUT2D eigenvalue weighted by Gasteiger charge is 2.26. The van der Waals surface area contributed by atoms with Crippen molar-refractivity contribution in [3.05, 3.63) is 0 Å². The van der Waals surface area contributed by atoms with Crippen molar-refractivity contribution < 1.29 is 14.7 Å². The molecule has 0 aliphatic heterocycles. The van der Waals surface area contributed by atoms with Gasteiger partial charge in [0.05, 0.1) is 0 Å². The summed E-state index contributed by atoms with van der Waals surface area (Å²) >= 11 is 0. The van der Waals surface area contributed by atoms with E-state index in [4.69, 9.17) is 0 Å². The minimum Gasteiger partial charge on any atom is -0.550 e. The molecule has 0 radical (unpaired) electrons. The second-order valence-electron chi connectivity index (χ2n) is 3.52. The van der Waals surface area contributed by atoms with E-state index in [1.807, 2.05) is 0 Å². The summed E-state index contributed by atoms with van der Waals surface area (Å²) in [4.78, 5) is 21.4. The molecular formula is C9H14NO3-. The quantitative estimate of drug-likeness (QED) is 0.625. The predicted molar refractivity (Wildman–Crippen MR) is 44.6 cm³/mol. The van der Waals surface area contributed by atoms with Crippen molar-refractivity contribution in [2.75, 3.05) is 0 Å². The minimum atomic E-state index is -1.04. The van der Waals surface area contributed by atoms with Crippen LogP contribution in [0.1, 0.15) is 32.6 Å². The van der Waals surface area contributed by atoms with Crippen molar-refractivity contribution in [2.45, 2.75) is 38.6 Å². The number of rotatable bonds is 2. The van der Waals surface area contributed by atoms with E-state index in [1.54, 1.807) is 0 Å². The van der Waals surface area contributed by atoms with E-state index in [0.717, 1.165) is 19.3 Å². The maximum atomic E-state index is 10.8. The van der Waals surface area contributed by atoms with Crippen LogP contribution in [0.4, 0.5) is 0 Å². The van der Waals surface area contributed by atoms with Gasteiger partial charge in [-0.3, -0.25) is 4.79 Å². The van der Waals surface area contributed by atoms with Gasteiger partial charge in [-0.25, -0.2) is 0 Å². The van der Waals surface area contributed by atoms with Crippen molar-refractivity contribution in [1.82, 2.24) is 5.32 Å². The number of aliphatic carboxylic acids is 1. The van der Waals surface area contributed by atoms with Gasteiger partial charge in [-0.1, -0.05) is 12.8 Å². The average molecular weight is 184 g/mol. The van der Waals surface area contributed by atoms with Crippen LogP contribution in [0.15, 0.2) is 0 Å². The number of carbonyl (C=O) groups is 2. The Labute approximate surface area is 77.3 Å². The zero-order valence-electron chi connectivity index (χ0n) is 7.71. The zero-order chi connectivity index (χ0) is 9.84. The molecule has 74 valence electrons. The Morgan fingerprint density at radius 2 is 1.92 bits per heavy atom. The smallest absolute Gasteiger partial charge is 0.217 e. The van der Waals surface area contributed by atoms with Crippen LogP contribution in [-0.2, 0) is 9.59 Å². The van der Waals surface area contributed by atoms with Crippen LogP contribution in [0.5, 0.6) is 0 Å². The Morgan fingerprint density at radius 3 is 2.46 bits per heavy atom. The molecule has 0 heterocycles. The molecule has 0 aromatic rings. The monoisotopic (exact) mass is 184 g/mol. The number of carboxylic acid groups (broad SMARTS) is 1. The van der Waals surface area contributed by atoms with Gasteiger partial charge < -0.3 is 15.2 Å². The van der Waals surface area contributed by atoms with E-state index in [9.17, 15) is 14.7 Å². The van der Waals surface area contributed by atoms with Crippen LogP contribution >= 0.6 is 0 Å². The standard InChI is InChI=1S/C9H15NO3/c1-6(11)10-8-5-3-2-4-7(8)9(12)13/h7-8H,2-5H2,1H3,(H,10,11)(H,12,13)/p-1/t7-,8-/m0/s1. The normalized spacial score (nSPS) is 28.1. The molecule has 1 saturated carbocycles. The summed E-state index contributed by atoms with van der Waals surface area (Å²) in [6.07, 6.45) is 3.26. The van der Waals surface area contributed by atoms with Gasteiger partial charge in [0.15, 0.2) is 0 Å². The van der Waals surface area contributed by atoms with Gasteiger partial charge in [0.2, 0.25) is 5.91 Å². The van der Waals surface area contributed by atoms with Gasteiger partial charge in [-0.2, -0.15) is 0 Å². The van der Waals surface area contributed by atoms with Gasteiger partial charge in [-0.15, -0.1) is 0 Å². The third kappa shape index (κ3) is 2.72. The van der Waals surface area contributed by atoms with Crippen LogP contribution in [0.2, 0.25) is 0 Å². The molecule has 1 N–H and O–H groups in total. The van der Waals surface area contributed by atoms with Crippen molar-refractivity contribution in [1.29, 1.82) is 0 Å². The lowest BCUT2D eigenvalue weighted by Crippen LogP contribution is -2.48. The third-order valence-electron chi connectivity index (χ3n) is 2.46. The maximum absolute atomic E-state index is 10.8. The summed E-state index contributed by atoms with van der Waals surface area (Å²) in [7, 11) is 0. The molecule has 1 aliphatic carbocycles. The van der Waals surface area contributed by atoms with Crippen molar-refractivity contribution in [3.63, 3.8) is 0 Å². The molecule has 0 bridgehead atoms. The van der Waals surface area contributed by atoms with Crippen LogP contribution in [-0.4, -0.2) is 17.9 Å². The van der Waals surface area contributed by atoms with E-state index in [0.29, 0.717) is 6.42 Å². The highest BCUT2D eigenvalue weighted by Crippen LogP contribution is 2.23. The first-order valence-corrected chi connectivity index (χ1v) is 4.59. The second kappa shape index (κ2) is 4.25. The Morgan fingerprint density at radius 1 is 1.31 bits per heavy atom. The zero-order valence-corrected chi connectivity index (χ0v) is 7.71. The first-order chi connectivity index (χ1) is 6.11. The third-order valence-corrected chi connectivity index (χ3v) is 2.46. The highest BCUT2D eigenvalue weighted by molar-refractivity contribution is 5.75. The summed E-state index contributed by atoms with van der Waals surface area (Å²) in [6, 6.07) is -0.226. The maximum Gasteiger partial charge on any atom is 0.217 e. The average Bonchev–Trinajstić information content (AvgIpc) is 2.03. The number of nitrogens with one attached hydrogen (secondary N) is 1. The molecule has 0 aromatic carbocycles. The van der Waals surface area contributed by atoms with Crippen molar-refractivity contribution in [3.8, 4) is 0 Å². The van der Waals surface area contributed by atoms with Crippen molar-refractivity contribution >= 4 is 11.9 Å². The Kier molecular flexibility index (Phi) is 3.28. The molecule has 13 heavy (non-hydrogen) atoms. The topological polar surface area (TPSA) is 69.2 Å². The predicted octanol–water partition coefficient (Wildman–Crippen LogP) is -0.569. The molecule has 0 spiro atoms. The fourth-order valence-electron chi connectivity index (χ4n) is 1.85. The molecule has 1 aliphatic rings. The fraction of sp³-hybridized carbons (Fsp3) is 0.778. The summed E-state index contributed by atoms with van der Waals surface area (Å²) in [5, 5.41) is 13.3. The lowest BCUT2D eigenvalue weighted by atomic mass is 9.84. The van der Waals surface area contributed by atoms with Gasteiger partial charge >= 0.3 is 0 Å². The molecule has 0 unspecified atom stereocenters. The fourth-order valence-corrected chi connectivity index (χ4v) is 1.85. The summed E-state index contributed by atoms with van der Waals surface area (Å²) in [6.45, 7) is 1.40. The summed E-state index contributed by atoms with van der Waals surface area (Å²) < 4.78 is 0. The Balaban J connectivity index is 2.56. The molecule has 0 aromatic heterocycles. The van der Waals surface area contributed by atoms with Gasteiger partial charge in [0.1, 0.15) is 0 Å². The molecule has 2 atom stereocenters. The molecule has 4 heteroatoms. The van der Waals surface area contributed by atoms with E-state index in [2.05, 4.69) is 5.32 Å². The number of carbonyl (C=O) groups excluding carboxylic acids is 2. The second-order valence-corrected chi connectivity index (χ2v) is 3.52. The van der Waals surface area contributed by atoms with Gasteiger partial charge in [0, 0.05) is 24.9 Å². The Bertz CT molecular complexity index is 215. The van der Waals surface area contributed by atoms with E-state index in [1.165, 1.54) is 6.92 Å². The number of carboxylic acids is 1. The van der Waals surface area contributed by atoms with E-state index in [-0.39, 0.29) is 11.9 Å². The van der Waals surface area contributed by atoms with E-state index < -0.39 is 11.9 Å². The van der Waals surface area contributed by atoms with Crippen LogP contribution in [0.25, 0.3) is 0 Å². The van der Waals surface area contributed by atoms with Gasteiger partial charge in [-0.05, 0) is 12.8 Å². The van der Waals surface area contributed by atoms with Crippen molar-refractivity contribution in [2.24, 2.45) is 5.92 Å². The lowest BCUT2D eigenvalue weighted by molar-refractivity contribution is -0.313. The minimum absolute atomic E-state index is 0.168. The number of hydrogen-bond acceptors (Lipinski definition) is 3. The van der Waals surface area contributed by atoms with Crippen LogP contribution < -0.4 is 10.4 Å². The molecule has 1 rings (SSSR count). The SMILES string of the molecule is CC(=O)N[C@H]1CCCC[C@@H]1C(=O)[O-]. The molecule has 1 fully saturated rings. The Hall–Kier alpha value is -1.06. The molecule has 0 saturated heterocycles. The highest BCUT2D eigenvalue weighted by atomic mass is 16.4.